The number of rotatable bonds is 2. The van der Waals surface area contributed by atoms with E-state index in [2.05, 4.69) is 38.1 Å². The van der Waals surface area contributed by atoms with Crippen LogP contribution in [-0.4, -0.2) is 26.0 Å². The van der Waals surface area contributed by atoms with Gasteiger partial charge in [0.25, 0.3) is 0 Å². The van der Waals surface area contributed by atoms with E-state index in [1.54, 1.807) is 4.72 Å². The molecule has 140 valence electrons. The minimum absolute atomic E-state index is 0. The quantitative estimate of drug-likeness (QED) is 0.677. The van der Waals surface area contributed by atoms with E-state index in [1.165, 1.54) is 11.1 Å². The third kappa shape index (κ3) is 7.59. The van der Waals surface area contributed by atoms with Gasteiger partial charge >= 0.3 is 15.5 Å². The summed E-state index contributed by atoms with van der Waals surface area (Å²) in [5, 5.41) is 0. The smallest absolute Gasteiger partial charge is 0.326 e. The molecule has 4 nitrogen and oxygen atoms in total. The van der Waals surface area contributed by atoms with Crippen LogP contribution in [-0.2, 0) is 29.5 Å². The van der Waals surface area contributed by atoms with Crippen molar-refractivity contribution in [1.29, 1.82) is 0 Å². The van der Waals surface area contributed by atoms with Crippen LogP contribution in [0.4, 0.5) is 13.2 Å². The Kier molecular flexibility index (Phi) is 9.65. The van der Waals surface area contributed by atoms with Crippen molar-refractivity contribution in [3.63, 3.8) is 0 Å². The molecule has 0 heterocycles. The fourth-order valence-corrected chi connectivity index (χ4v) is 3.03. The molecule has 0 aromatic heterocycles. The number of benzene rings is 1. The fourth-order valence-electron chi connectivity index (χ4n) is 2.21. The molecule has 2 atom stereocenters. The minimum atomic E-state index is -5.26. The van der Waals surface area contributed by atoms with Gasteiger partial charge in [-0.3, -0.25) is 0 Å². The minimum Gasteiger partial charge on any atom is -0.326 e. The van der Waals surface area contributed by atoms with Crippen LogP contribution in [0, 0.1) is 13.8 Å². The molecule has 0 aliphatic heterocycles. The summed E-state index contributed by atoms with van der Waals surface area (Å²) in [4.78, 5) is 0. The number of nitrogens with one attached hydrogen (secondary N) is 1. The standard InChI is InChI=1S/C8H10.C7H13F3N2O2S.Ru/c1-7-3-5-8(2)6-4-7;8-7(9,10)15(13,14)12-6-4-2-1-3-5(6)11;/h3-6H,1-2H3;5-6,12H,1-4,11H2;/t;5-,6-;/m.1./s1. The summed E-state index contributed by atoms with van der Waals surface area (Å²) in [6.45, 7) is 4.19. The number of sulfonamides is 1. The number of aryl methyl sites for hydroxylation is 2. The van der Waals surface area contributed by atoms with Gasteiger partial charge in [0.05, 0.1) is 0 Å². The Bertz CT molecular complexity index is 571. The summed E-state index contributed by atoms with van der Waals surface area (Å²) in [6, 6.07) is 7.15. The van der Waals surface area contributed by atoms with E-state index >= 15 is 0 Å². The third-order valence-corrected chi connectivity index (χ3v) is 4.87. The van der Waals surface area contributed by atoms with Gasteiger partial charge in [0.15, 0.2) is 0 Å². The van der Waals surface area contributed by atoms with E-state index in [9.17, 15) is 21.6 Å². The average Bonchev–Trinajstić information content (AvgIpc) is 2.44. The molecule has 0 unspecified atom stereocenters. The number of nitrogens with two attached hydrogens (primary N) is 1. The third-order valence-electron chi connectivity index (χ3n) is 3.65. The van der Waals surface area contributed by atoms with Crippen molar-refractivity contribution in [3.8, 4) is 0 Å². The van der Waals surface area contributed by atoms with E-state index in [0.29, 0.717) is 19.3 Å². The molecule has 1 aliphatic carbocycles. The molecular formula is C15H23F3N2O2RuS. The van der Waals surface area contributed by atoms with E-state index in [4.69, 9.17) is 5.73 Å². The molecule has 0 saturated heterocycles. The van der Waals surface area contributed by atoms with Crippen molar-refractivity contribution in [2.45, 2.75) is 57.1 Å². The van der Waals surface area contributed by atoms with Crippen molar-refractivity contribution >= 4 is 10.0 Å². The topological polar surface area (TPSA) is 72.2 Å². The molecule has 3 N–H and O–H groups in total. The van der Waals surface area contributed by atoms with Crippen LogP contribution in [0.1, 0.15) is 36.8 Å². The molecule has 0 spiro atoms. The van der Waals surface area contributed by atoms with Gasteiger partial charge in [-0.2, -0.15) is 13.2 Å². The molecule has 24 heavy (non-hydrogen) atoms. The van der Waals surface area contributed by atoms with Crippen molar-refractivity contribution in [2.75, 3.05) is 0 Å². The number of hydrogen-bond acceptors (Lipinski definition) is 3. The largest absolute Gasteiger partial charge is 0.511 e. The fraction of sp³-hybridized carbons (Fsp3) is 0.600. The van der Waals surface area contributed by atoms with Gasteiger partial charge in [0.1, 0.15) is 0 Å². The zero-order valence-corrected chi connectivity index (χ0v) is 16.1. The average molecular weight is 453 g/mol. The molecule has 1 fully saturated rings. The van der Waals surface area contributed by atoms with E-state index in [0.717, 1.165) is 6.42 Å². The van der Waals surface area contributed by atoms with Crippen LogP contribution in [0.5, 0.6) is 0 Å². The Morgan fingerprint density at radius 2 is 1.46 bits per heavy atom. The predicted molar refractivity (Wildman–Crippen MR) is 84.3 cm³/mol. The maximum atomic E-state index is 12.0. The van der Waals surface area contributed by atoms with Gasteiger partial charge in [-0.25, -0.2) is 13.1 Å². The van der Waals surface area contributed by atoms with Gasteiger partial charge in [-0.05, 0) is 26.7 Å². The molecule has 1 aliphatic rings. The van der Waals surface area contributed by atoms with Crippen LogP contribution < -0.4 is 10.5 Å². The second-order valence-corrected chi connectivity index (χ2v) is 7.48. The molecule has 2 rings (SSSR count). The summed E-state index contributed by atoms with van der Waals surface area (Å²) in [5.41, 5.74) is 2.93. The summed E-state index contributed by atoms with van der Waals surface area (Å²) in [7, 11) is -5.26. The molecule has 1 saturated carbocycles. The van der Waals surface area contributed by atoms with Gasteiger partial charge in [0.2, 0.25) is 0 Å². The zero-order valence-electron chi connectivity index (χ0n) is 13.6. The van der Waals surface area contributed by atoms with E-state index in [-0.39, 0.29) is 19.5 Å². The first-order valence-corrected chi connectivity index (χ1v) is 8.88. The number of halogens is 3. The summed E-state index contributed by atoms with van der Waals surface area (Å²) < 4.78 is 59.2. The number of hydrogen-bond donors (Lipinski definition) is 2. The molecular weight excluding hydrogens is 430 g/mol. The maximum Gasteiger partial charge on any atom is 0.511 e. The van der Waals surface area contributed by atoms with Crippen LogP contribution >= 0.6 is 0 Å². The normalized spacial score (nSPS) is 21.2. The predicted octanol–water partition coefficient (Wildman–Crippen LogP) is 3.00. The van der Waals surface area contributed by atoms with Crippen molar-refractivity contribution in [2.24, 2.45) is 5.73 Å². The van der Waals surface area contributed by atoms with Crippen LogP contribution in [0.3, 0.4) is 0 Å². The van der Waals surface area contributed by atoms with Gasteiger partial charge in [-0.1, -0.05) is 48.2 Å². The monoisotopic (exact) mass is 454 g/mol. The second kappa shape index (κ2) is 9.85. The Balaban J connectivity index is 0.000000498. The van der Waals surface area contributed by atoms with Gasteiger partial charge in [0, 0.05) is 31.6 Å². The SMILES string of the molecule is Cc1ccc(C)cc1.N[C@@H]1CCCC[C@H]1NS(=O)(=O)C(F)(F)F.[Ru]. The number of alkyl halides is 3. The summed E-state index contributed by atoms with van der Waals surface area (Å²) in [5.74, 6) is 0. The van der Waals surface area contributed by atoms with Crippen molar-refractivity contribution in [1.82, 2.24) is 4.72 Å². The van der Waals surface area contributed by atoms with E-state index in [1.807, 2.05) is 0 Å². The first kappa shape index (κ1) is 23.5. The molecule has 1 aromatic carbocycles. The van der Waals surface area contributed by atoms with E-state index < -0.39 is 27.6 Å². The first-order valence-electron chi connectivity index (χ1n) is 7.40. The van der Waals surface area contributed by atoms with Crippen molar-refractivity contribution in [3.05, 3.63) is 35.4 Å². The first-order chi connectivity index (χ1) is 10.5. The Hall–Kier alpha value is -0.497. The van der Waals surface area contributed by atoms with Crippen molar-refractivity contribution < 1.29 is 41.1 Å². The Labute approximate surface area is 154 Å². The molecule has 1 aromatic rings. The zero-order chi connectivity index (χ0) is 17.7. The van der Waals surface area contributed by atoms with Gasteiger partial charge in [-0.15, -0.1) is 0 Å². The van der Waals surface area contributed by atoms with Crippen LogP contribution in [0.25, 0.3) is 0 Å². The maximum absolute atomic E-state index is 12.0. The summed E-state index contributed by atoms with van der Waals surface area (Å²) >= 11 is 0. The summed E-state index contributed by atoms with van der Waals surface area (Å²) in [6.07, 6.45) is 2.42. The Morgan fingerprint density at radius 3 is 1.83 bits per heavy atom. The van der Waals surface area contributed by atoms with Crippen LogP contribution in [0.2, 0.25) is 0 Å². The van der Waals surface area contributed by atoms with Gasteiger partial charge < -0.3 is 5.73 Å². The molecule has 0 amide bonds. The molecule has 0 bridgehead atoms. The van der Waals surface area contributed by atoms with Crippen LogP contribution in [0.15, 0.2) is 24.3 Å². The molecule has 9 heteroatoms. The second-order valence-electron chi connectivity index (χ2n) is 5.78. The Morgan fingerprint density at radius 1 is 1.04 bits per heavy atom. The molecule has 0 radical (unpaired) electrons.